The summed E-state index contributed by atoms with van der Waals surface area (Å²) >= 11 is 4.81. The molecule has 0 atom stereocenters. The van der Waals surface area contributed by atoms with E-state index in [0.717, 1.165) is 14.9 Å². The Bertz CT molecular complexity index is 1110. The van der Waals surface area contributed by atoms with Crippen LogP contribution in [0.25, 0.3) is 20.7 Å². The number of hydrogen-bond donors (Lipinski definition) is 1. The molecule has 0 amide bonds. The van der Waals surface area contributed by atoms with Crippen molar-refractivity contribution in [1.29, 1.82) is 0 Å². The fourth-order valence-electron chi connectivity index (χ4n) is 2.56. The van der Waals surface area contributed by atoms with E-state index >= 15 is 0 Å². The molecule has 1 aromatic carbocycles. The van der Waals surface area contributed by atoms with E-state index in [2.05, 4.69) is 25.9 Å². The summed E-state index contributed by atoms with van der Waals surface area (Å²) in [6.45, 7) is -0.0339. The third-order valence-corrected chi connectivity index (χ3v) is 5.53. The number of halogens is 1. The van der Waals surface area contributed by atoms with Crippen LogP contribution in [0.5, 0.6) is 0 Å². The van der Waals surface area contributed by atoms with Gasteiger partial charge in [-0.3, -0.25) is 14.2 Å². The number of benzene rings is 1. The quantitative estimate of drug-likeness (QED) is 0.512. The topological polar surface area (TPSA) is 67.8 Å². The minimum Gasteiger partial charge on any atom is -0.359 e. The zero-order valence-corrected chi connectivity index (χ0v) is 15.3. The molecule has 0 spiro atoms. The van der Waals surface area contributed by atoms with Crippen LogP contribution in [0.15, 0.2) is 64.3 Å². The third kappa shape index (κ3) is 3.08. The second-order valence-corrected chi connectivity index (χ2v) is 7.48. The Hall–Kier alpha value is -2.51. The second kappa shape index (κ2) is 6.42. The highest BCUT2D eigenvalue weighted by molar-refractivity contribution is 9.10. The van der Waals surface area contributed by atoms with Crippen molar-refractivity contribution in [2.45, 2.75) is 6.54 Å². The maximum Gasteiger partial charge on any atom is 0.271 e. The minimum atomic E-state index is -0.196. The molecule has 3 aromatic heterocycles. The summed E-state index contributed by atoms with van der Waals surface area (Å²) in [5.74, 6) is -0.155. The highest BCUT2D eigenvalue weighted by Gasteiger charge is 2.13. The number of thiophene rings is 1. The van der Waals surface area contributed by atoms with Crippen LogP contribution < -0.4 is 5.56 Å². The van der Waals surface area contributed by atoms with E-state index < -0.39 is 0 Å². The van der Waals surface area contributed by atoms with Gasteiger partial charge in [0.1, 0.15) is 4.70 Å². The lowest BCUT2D eigenvalue weighted by atomic mass is 10.2. The Morgan fingerprint density at radius 3 is 2.76 bits per heavy atom. The molecule has 4 aromatic rings. The monoisotopic (exact) mass is 413 g/mol. The molecule has 0 radical (unpaired) electrons. The van der Waals surface area contributed by atoms with Crippen molar-refractivity contribution in [2.24, 2.45) is 0 Å². The van der Waals surface area contributed by atoms with Gasteiger partial charge >= 0.3 is 0 Å². The van der Waals surface area contributed by atoms with E-state index in [0.29, 0.717) is 15.9 Å². The molecule has 0 bridgehead atoms. The first-order chi connectivity index (χ1) is 12.1. The molecule has 0 saturated heterocycles. The summed E-state index contributed by atoms with van der Waals surface area (Å²) in [5, 5.41) is 0. The maximum atomic E-state index is 12.7. The van der Waals surface area contributed by atoms with Crippen molar-refractivity contribution in [1.82, 2.24) is 14.5 Å². The van der Waals surface area contributed by atoms with E-state index in [1.807, 2.05) is 30.3 Å². The van der Waals surface area contributed by atoms with Gasteiger partial charge in [-0.25, -0.2) is 4.98 Å². The van der Waals surface area contributed by atoms with Crippen LogP contribution in [-0.2, 0) is 6.54 Å². The molecule has 7 heteroatoms. The van der Waals surface area contributed by atoms with Gasteiger partial charge in [-0.05, 0) is 35.9 Å². The zero-order valence-electron chi connectivity index (χ0n) is 12.9. The highest BCUT2D eigenvalue weighted by Crippen LogP contribution is 2.31. The summed E-state index contributed by atoms with van der Waals surface area (Å²) in [5.41, 5.74) is 1.96. The van der Waals surface area contributed by atoms with Gasteiger partial charge in [0.15, 0.2) is 5.78 Å². The Morgan fingerprint density at radius 1 is 1.24 bits per heavy atom. The van der Waals surface area contributed by atoms with E-state index in [-0.39, 0.29) is 17.9 Å². The summed E-state index contributed by atoms with van der Waals surface area (Å²) in [6, 6.07) is 13.2. The number of hydrogen-bond acceptors (Lipinski definition) is 4. The first-order valence-corrected chi connectivity index (χ1v) is 9.14. The number of carbonyl (C=O) groups excluding carboxylic acids is 1. The molecule has 124 valence electrons. The number of fused-ring (bicyclic) bond motifs is 1. The van der Waals surface area contributed by atoms with Gasteiger partial charge in [-0.2, -0.15) is 0 Å². The van der Waals surface area contributed by atoms with Crippen LogP contribution in [-0.4, -0.2) is 20.3 Å². The summed E-state index contributed by atoms with van der Waals surface area (Å²) in [4.78, 5) is 33.1. The van der Waals surface area contributed by atoms with Gasteiger partial charge in [0.25, 0.3) is 5.56 Å². The van der Waals surface area contributed by atoms with Gasteiger partial charge in [-0.1, -0.05) is 28.1 Å². The maximum absolute atomic E-state index is 12.7. The van der Waals surface area contributed by atoms with Crippen LogP contribution in [0.1, 0.15) is 10.5 Å². The molecule has 0 saturated carbocycles. The average Bonchev–Trinajstić information content (AvgIpc) is 3.28. The Balaban J connectivity index is 1.71. The molecule has 0 aliphatic carbocycles. The van der Waals surface area contributed by atoms with Crippen LogP contribution in [0, 0.1) is 0 Å². The molecule has 0 unspecified atom stereocenters. The van der Waals surface area contributed by atoms with Gasteiger partial charge in [0.05, 0.1) is 24.1 Å². The number of nitrogens with one attached hydrogen (secondary N) is 1. The third-order valence-electron chi connectivity index (χ3n) is 3.84. The lowest BCUT2D eigenvalue weighted by Crippen LogP contribution is -2.24. The van der Waals surface area contributed by atoms with Crippen molar-refractivity contribution >= 4 is 43.3 Å². The van der Waals surface area contributed by atoms with E-state index in [1.165, 1.54) is 22.2 Å². The first kappa shape index (κ1) is 16.0. The summed E-state index contributed by atoms with van der Waals surface area (Å²) in [6.07, 6.45) is 3.12. The number of aromatic nitrogens is 3. The molecule has 3 heterocycles. The molecule has 4 rings (SSSR count). The lowest BCUT2D eigenvalue weighted by Gasteiger charge is -2.03. The summed E-state index contributed by atoms with van der Waals surface area (Å²) < 4.78 is 2.91. The average molecular weight is 414 g/mol. The minimum absolute atomic E-state index is 0.0339. The second-order valence-electron chi connectivity index (χ2n) is 5.52. The zero-order chi connectivity index (χ0) is 17.4. The Morgan fingerprint density at radius 2 is 2.04 bits per heavy atom. The van der Waals surface area contributed by atoms with Crippen LogP contribution in [0.3, 0.4) is 0 Å². The highest BCUT2D eigenvalue weighted by atomic mass is 79.9. The van der Waals surface area contributed by atoms with Crippen molar-refractivity contribution in [3.05, 3.63) is 75.5 Å². The predicted molar refractivity (Wildman–Crippen MR) is 102 cm³/mol. The predicted octanol–water partition coefficient (Wildman–Crippen LogP) is 4.10. The van der Waals surface area contributed by atoms with Crippen molar-refractivity contribution < 1.29 is 4.79 Å². The van der Waals surface area contributed by atoms with Crippen molar-refractivity contribution in [2.75, 3.05) is 0 Å². The van der Waals surface area contributed by atoms with Crippen molar-refractivity contribution in [3.63, 3.8) is 0 Å². The molecular formula is C18H12BrN3O2S. The fraction of sp³-hybridized carbons (Fsp3) is 0.0556. The standard InChI is InChI=1S/C18H12BrN3O2S/c19-12-5-3-11(4-6-12)16-8-14-17(25-16)18(24)22(10-21-14)9-15(23)13-2-1-7-20-13/h1-8,10,20H,9H2. The Kier molecular flexibility index (Phi) is 4.10. The number of rotatable bonds is 4. The smallest absolute Gasteiger partial charge is 0.271 e. The van der Waals surface area contributed by atoms with Crippen LogP contribution in [0.2, 0.25) is 0 Å². The molecule has 0 fully saturated rings. The van der Waals surface area contributed by atoms with Crippen molar-refractivity contribution in [3.8, 4) is 10.4 Å². The largest absolute Gasteiger partial charge is 0.359 e. The van der Waals surface area contributed by atoms with Gasteiger partial charge in [0.2, 0.25) is 0 Å². The number of nitrogens with zero attached hydrogens (tertiary/aromatic N) is 2. The van der Waals surface area contributed by atoms with Gasteiger partial charge in [-0.15, -0.1) is 11.3 Å². The van der Waals surface area contributed by atoms with Crippen LogP contribution in [0.4, 0.5) is 0 Å². The SMILES string of the molecule is O=C(Cn1cnc2cc(-c3ccc(Br)cc3)sc2c1=O)c1ccc[nH]1. The fourth-order valence-corrected chi connectivity index (χ4v) is 3.89. The molecule has 0 aliphatic rings. The summed E-state index contributed by atoms with van der Waals surface area (Å²) in [7, 11) is 0. The number of carbonyl (C=O) groups is 1. The molecular weight excluding hydrogens is 402 g/mol. The number of Topliss-reactive ketones (excluding diaryl/α,β-unsaturated/α-hetero) is 1. The van der Waals surface area contributed by atoms with E-state index in [1.54, 1.807) is 18.3 Å². The number of ketones is 1. The number of aromatic amines is 1. The molecule has 1 N–H and O–H groups in total. The van der Waals surface area contributed by atoms with Gasteiger partial charge in [0, 0.05) is 15.5 Å². The lowest BCUT2D eigenvalue weighted by molar-refractivity contribution is 0.0966. The normalized spacial score (nSPS) is 11.1. The van der Waals surface area contributed by atoms with E-state index in [9.17, 15) is 9.59 Å². The van der Waals surface area contributed by atoms with E-state index in [4.69, 9.17) is 0 Å². The number of H-pyrrole nitrogens is 1. The molecule has 5 nitrogen and oxygen atoms in total. The molecule has 0 aliphatic heterocycles. The Labute approximate surface area is 155 Å². The first-order valence-electron chi connectivity index (χ1n) is 7.53. The van der Waals surface area contributed by atoms with Crippen LogP contribution >= 0.6 is 27.3 Å². The van der Waals surface area contributed by atoms with Gasteiger partial charge < -0.3 is 4.98 Å². The molecule has 25 heavy (non-hydrogen) atoms.